The first-order chi connectivity index (χ1) is 20.0. The van der Waals surface area contributed by atoms with E-state index in [-0.39, 0.29) is 36.8 Å². The first-order valence-corrected chi connectivity index (χ1v) is 13.8. The molecular formula is C31H32FN5O5. The van der Waals surface area contributed by atoms with Gasteiger partial charge < -0.3 is 24.9 Å². The lowest BCUT2D eigenvalue weighted by Crippen LogP contribution is -2.55. The molecule has 4 amide bonds. The number of benzene rings is 2. The summed E-state index contributed by atoms with van der Waals surface area (Å²) in [5.41, 5.74) is 0.398. The van der Waals surface area contributed by atoms with Crippen LogP contribution in [0.5, 0.6) is 0 Å². The number of carbonyl (C=O) groups is 4. The van der Waals surface area contributed by atoms with Gasteiger partial charge in [-0.15, -0.1) is 0 Å². The van der Waals surface area contributed by atoms with Crippen molar-refractivity contribution >= 4 is 40.3 Å². The van der Waals surface area contributed by atoms with E-state index in [1.807, 2.05) is 26.0 Å². The Morgan fingerprint density at radius 1 is 1.24 bits per heavy atom. The highest BCUT2D eigenvalue weighted by Crippen LogP contribution is 2.46. The van der Waals surface area contributed by atoms with Gasteiger partial charge in [0.15, 0.2) is 0 Å². The molecule has 1 aromatic heterocycles. The molecule has 1 fully saturated rings. The van der Waals surface area contributed by atoms with Gasteiger partial charge in [0.05, 0.1) is 23.3 Å². The van der Waals surface area contributed by atoms with Crippen LogP contribution >= 0.6 is 0 Å². The van der Waals surface area contributed by atoms with Gasteiger partial charge in [-0.3, -0.25) is 19.2 Å². The maximum absolute atomic E-state index is 14.6. The number of anilines is 1. The van der Waals surface area contributed by atoms with Crippen LogP contribution in [0.1, 0.15) is 49.5 Å². The maximum atomic E-state index is 14.6. The number of halogens is 1. The number of para-hydroxylation sites is 1. The van der Waals surface area contributed by atoms with Crippen LogP contribution < -0.4 is 10.6 Å². The van der Waals surface area contributed by atoms with Crippen molar-refractivity contribution in [1.82, 2.24) is 15.1 Å². The van der Waals surface area contributed by atoms with Crippen molar-refractivity contribution in [2.45, 2.75) is 57.2 Å². The van der Waals surface area contributed by atoms with E-state index in [2.05, 4.69) is 16.7 Å². The fourth-order valence-corrected chi connectivity index (χ4v) is 6.00. The first-order valence-electron chi connectivity index (χ1n) is 13.8. The molecule has 2 aliphatic rings. The summed E-state index contributed by atoms with van der Waals surface area (Å²) < 4.78 is 19.9. The van der Waals surface area contributed by atoms with Crippen molar-refractivity contribution in [3.05, 3.63) is 65.7 Å². The molecule has 1 saturated heterocycles. The lowest BCUT2D eigenvalue weighted by Gasteiger charge is -2.34. The summed E-state index contributed by atoms with van der Waals surface area (Å²) in [6.07, 6.45) is 1.81. The SMILES string of the molecule is CC(C)C[C@@H](C(=O)N1C[C@]2(C[C@H]1C#N)C(=O)Nc1ccccc12)N(C)C(=O)[C@H](C)NC(=O)c1cc2occc2cc1F. The number of nitrogens with zero attached hydrogens (tertiary/aromatic N) is 3. The van der Waals surface area contributed by atoms with Gasteiger partial charge in [0.2, 0.25) is 17.7 Å². The molecule has 1 spiro atoms. The Bertz CT molecular complexity index is 1630. The number of likely N-dealkylation sites (tertiary alicyclic amines) is 1. The molecule has 0 saturated carbocycles. The summed E-state index contributed by atoms with van der Waals surface area (Å²) >= 11 is 0. The summed E-state index contributed by atoms with van der Waals surface area (Å²) in [4.78, 5) is 56.3. The van der Waals surface area contributed by atoms with Gasteiger partial charge >= 0.3 is 0 Å². The van der Waals surface area contributed by atoms with E-state index in [1.165, 1.54) is 42.2 Å². The van der Waals surface area contributed by atoms with E-state index in [0.29, 0.717) is 16.7 Å². The number of furan rings is 1. The third-order valence-corrected chi connectivity index (χ3v) is 8.22. The van der Waals surface area contributed by atoms with Crippen molar-refractivity contribution in [3.63, 3.8) is 0 Å². The van der Waals surface area contributed by atoms with Gasteiger partial charge in [-0.25, -0.2) is 4.39 Å². The molecule has 3 aromatic rings. The van der Waals surface area contributed by atoms with Gasteiger partial charge in [-0.05, 0) is 49.1 Å². The molecule has 0 aliphatic carbocycles. The van der Waals surface area contributed by atoms with E-state index in [0.717, 1.165) is 5.56 Å². The largest absolute Gasteiger partial charge is 0.464 e. The van der Waals surface area contributed by atoms with E-state index >= 15 is 0 Å². The summed E-state index contributed by atoms with van der Waals surface area (Å²) in [5, 5.41) is 15.9. The van der Waals surface area contributed by atoms with Gasteiger partial charge in [0.25, 0.3) is 5.91 Å². The Kier molecular flexibility index (Phi) is 7.49. The number of hydrogen-bond acceptors (Lipinski definition) is 6. The van der Waals surface area contributed by atoms with Gasteiger partial charge in [-0.1, -0.05) is 32.0 Å². The minimum Gasteiger partial charge on any atom is -0.464 e. The molecule has 42 heavy (non-hydrogen) atoms. The highest BCUT2D eigenvalue weighted by atomic mass is 19.1. The Hall–Kier alpha value is -4.72. The zero-order chi connectivity index (χ0) is 30.3. The predicted octanol–water partition coefficient (Wildman–Crippen LogP) is 3.58. The molecule has 0 bridgehead atoms. The molecule has 3 heterocycles. The average Bonchev–Trinajstić information content (AvgIpc) is 3.66. The number of amides is 4. The number of hydrogen-bond donors (Lipinski definition) is 2. The Labute approximate surface area is 242 Å². The second kappa shape index (κ2) is 10.9. The molecule has 10 nitrogen and oxygen atoms in total. The van der Waals surface area contributed by atoms with E-state index < -0.39 is 47.1 Å². The van der Waals surface area contributed by atoms with Crippen molar-refractivity contribution in [3.8, 4) is 6.07 Å². The van der Waals surface area contributed by atoms with Crippen LogP contribution in [0.2, 0.25) is 0 Å². The predicted molar refractivity (Wildman–Crippen MR) is 152 cm³/mol. The van der Waals surface area contributed by atoms with Crippen molar-refractivity contribution < 1.29 is 28.0 Å². The molecule has 11 heteroatoms. The molecule has 218 valence electrons. The fourth-order valence-electron chi connectivity index (χ4n) is 6.00. The number of carbonyl (C=O) groups excluding carboxylic acids is 4. The van der Waals surface area contributed by atoms with E-state index in [9.17, 15) is 28.8 Å². The zero-order valence-electron chi connectivity index (χ0n) is 23.8. The molecule has 0 unspecified atom stereocenters. The number of nitrogens with one attached hydrogen (secondary N) is 2. The van der Waals surface area contributed by atoms with Crippen molar-refractivity contribution in [2.24, 2.45) is 5.92 Å². The van der Waals surface area contributed by atoms with Crippen LogP contribution in [0.25, 0.3) is 11.0 Å². The summed E-state index contributed by atoms with van der Waals surface area (Å²) in [7, 11) is 1.47. The van der Waals surface area contributed by atoms with Crippen LogP contribution in [0, 0.1) is 23.1 Å². The third kappa shape index (κ3) is 4.87. The fraction of sp³-hybridized carbons (Fsp3) is 0.387. The van der Waals surface area contributed by atoms with Crippen LogP contribution in [0.3, 0.4) is 0 Å². The number of nitriles is 1. The van der Waals surface area contributed by atoms with Gasteiger partial charge in [0, 0.05) is 31.1 Å². The minimum absolute atomic E-state index is 0.000760. The van der Waals surface area contributed by atoms with Crippen molar-refractivity contribution in [1.29, 1.82) is 5.26 Å². The standard InChI is InChI=1S/C31H32FN5O5/c1-17(2)11-25(29(40)37-16-31(14-20(37)15-33)22-7-5-6-8-24(22)35-30(31)41)36(4)28(39)18(3)34-27(38)21-13-26-19(9-10-42-26)12-23(21)32/h5-10,12-13,17-18,20,25H,11,14,16H2,1-4H3,(H,34,38)(H,35,41)/t18-,20-,25-,31-/m0/s1. The van der Waals surface area contributed by atoms with Gasteiger partial charge in [0.1, 0.15) is 29.5 Å². The van der Waals surface area contributed by atoms with E-state index in [1.54, 1.807) is 18.2 Å². The molecule has 2 aromatic carbocycles. The normalized spacial score (nSPS) is 20.7. The molecule has 0 radical (unpaired) electrons. The van der Waals surface area contributed by atoms with Crippen LogP contribution in [-0.2, 0) is 19.8 Å². The van der Waals surface area contributed by atoms with Crippen LogP contribution in [-0.4, -0.2) is 65.1 Å². The molecule has 4 atom stereocenters. The highest BCUT2D eigenvalue weighted by molar-refractivity contribution is 6.07. The van der Waals surface area contributed by atoms with Crippen LogP contribution in [0.4, 0.5) is 10.1 Å². The molecular weight excluding hydrogens is 541 g/mol. The zero-order valence-corrected chi connectivity index (χ0v) is 23.8. The van der Waals surface area contributed by atoms with E-state index in [4.69, 9.17) is 4.42 Å². The summed E-state index contributed by atoms with van der Waals surface area (Å²) in [5.74, 6) is -2.84. The quantitative estimate of drug-likeness (QED) is 0.444. The molecule has 2 N–H and O–H groups in total. The minimum atomic E-state index is -1.10. The lowest BCUT2D eigenvalue weighted by molar-refractivity contribution is -0.146. The highest BCUT2D eigenvalue weighted by Gasteiger charge is 2.56. The summed E-state index contributed by atoms with van der Waals surface area (Å²) in [6, 6.07) is 10.5. The third-order valence-electron chi connectivity index (χ3n) is 8.22. The van der Waals surface area contributed by atoms with Crippen LogP contribution in [0.15, 0.2) is 53.1 Å². The Balaban J connectivity index is 1.36. The second-order valence-corrected chi connectivity index (χ2v) is 11.5. The van der Waals surface area contributed by atoms with Crippen molar-refractivity contribution in [2.75, 3.05) is 18.9 Å². The number of rotatable bonds is 7. The number of likely N-dealkylation sites (N-methyl/N-ethyl adjacent to an activating group) is 1. The smallest absolute Gasteiger partial charge is 0.255 e. The monoisotopic (exact) mass is 573 g/mol. The molecule has 5 rings (SSSR count). The Morgan fingerprint density at radius 2 is 1.98 bits per heavy atom. The number of fused-ring (bicyclic) bond motifs is 3. The topological polar surface area (TPSA) is 136 Å². The lowest BCUT2D eigenvalue weighted by atomic mass is 9.80. The average molecular weight is 574 g/mol. The molecule has 2 aliphatic heterocycles. The first kappa shape index (κ1) is 28.8. The second-order valence-electron chi connectivity index (χ2n) is 11.5. The van der Waals surface area contributed by atoms with Gasteiger partial charge in [-0.2, -0.15) is 5.26 Å². The summed E-state index contributed by atoms with van der Waals surface area (Å²) in [6.45, 7) is 5.28. The Morgan fingerprint density at radius 3 is 2.69 bits per heavy atom. The maximum Gasteiger partial charge on any atom is 0.255 e.